The van der Waals surface area contributed by atoms with Gasteiger partial charge >= 0.3 is 0 Å². The van der Waals surface area contributed by atoms with Gasteiger partial charge in [0.15, 0.2) is 0 Å². The average Bonchev–Trinajstić information content (AvgIpc) is 2.72. The molecule has 0 amide bonds. The van der Waals surface area contributed by atoms with Gasteiger partial charge in [-0.25, -0.2) is 13.8 Å². The number of hydrogen-bond acceptors (Lipinski definition) is 5. The van der Waals surface area contributed by atoms with Crippen molar-refractivity contribution in [2.24, 2.45) is 4.99 Å². The third-order valence-electron chi connectivity index (χ3n) is 3.60. The van der Waals surface area contributed by atoms with E-state index in [4.69, 9.17) is 5.73 Å². The van der Waals surface area contributed by atoms with E-state index in [1.54, 1.807) is 55.2 Å². The van der Waals surface area contributed by atoms with Crippen molar-refractivity contribution in [3.8, 4) is 11.1 Å². The van der Waals surface area contributed by atoms with Crippen LogP contribution in [0.4, 0.5) is 20.3 Å². The van der Waals surface area contributed by atoms with E-state index in [0.717, 1.165) is 11.1 Å². The van der Waals surface area contributed by atoms with Gasteiger partial charge in [-0.1, -0.05) is 6.07 Å². The molecule has 0 aliphatic heterocycles. The lowest BCUT2D eigenvalue weighted by Crippen LogP contribution is -2.17. The van der Waals surface area contributed by atoms with Gasteiger partial charge in [0.25, 0.3) is 0 Å². The van der Waals surface area contributed by atoms with E-state index in [1.807, 2.05) is 6.07 Å². The van der Waals surface area contributed by atoms with Gasteiger partial charge in [0.1, 0.15) is 23.8 Å². The predicted octanol–water partition coefficient (Wildman–Crippen LogP) is 3.76. The van der Waals surface area contributed by atoms with Crippen LogP contribution in [0.2, 0.25) is 0 Å². The van der Waals surface area contributed by atoms with E-state index in [9.17, 15) is 8.78 Å². The Hall–Kier alpha value is -3.68. The van der Waals surface area contributed by atoms with Crippen molar-refractivity contribution >= 4 is 17.3 Å². The zero-order valence-electron chi connectivity index (χ0n) is 14.2. The maximum absolute atomic E-state index is 13.3. The Bertz CT molecular complexity index is 958. The Balaban J connectivity index is 2.03. The molecule has 0 aliphatic carbocycles. The summed E-state index contributed by atoms with van der Waals surface area (Å²) >= 11 is 0. The number of nitrogens with one attached hydrogen (secondary N) is 1. The summed E-state index contributed by atoms with van der Waals surface area (Å²) in [4.78, 5) is 16.4. The van der Waals surface area contributed by atoms with Gasteiger partial charge in [0, 0.05) is 35.9 Å². The van der Waals surface area contributed by atoms with Crippen LogP contribution < -0.4 is 11.1 Å². The third-order valence-corrected chi connectivity index (χ3v) is 3.60. The van der Waals surface area contributed by atoms with Gasteiger partial charge in [-0.15, -0.1) is 0 Å². The molecular weight excluding hydrogens is 350 g/mol. The highest BCUT2D eigenvalue weighted by atomic mass is 19.2. The van der Waals surface area contributed by atoms with Crippen molar-refractivity contribution in [3.05, 3.63) is 79.0 Å². The summed E-state index contributed by atoms with van der Waals surface area (Å²) in [5.41, 5.74) is 8.68. The summed E-state index contributed by atoms with van der Waals surface area (Å²) in [6, 6.07) is 8.93. The van der Waals surface area contributed by atoms with Crippen molar-refractivity contribution < 1.29 is 8.78 Å². The largest absolute Gasteiger partial charge is 0.383 e. The number of aliphatic imine (C=N–C) groups is 1. The number of nitrogens with zero attached hydrogens (tertiary/aromatic N) is 4. The average molecular weight is 366 g/mol. The van der Waals surface area contributed by atoms with Crippen LogP contribution in [-0.2, 0) is 0 Å². The van der Waals surface area contributed by atoms with E-state index in [-0.39, 0.29) is 18.0 Å². The Kier molecular flexibility index (Phi) is 5.78. The van der Waals surface area contributed by atoms with Crippen LogP contribution in [0.25, 0.3) is 11.1 Å². The molecule has 0 saturated carbocycles. The number of rotatable bonds is 5. The fraction of sp³-hybridized carbons (Fsp3) is 0.0526. The minimum atomic E-state index is -1.00. The number of amidine groups is 1. The number of halogens is 2. The second-order valence-corrected chi connectivity index (χ2v) is 5.49. The molecule has 136 valence electrons. The Morgan fingerprint density at radius 2 is 1.89 bits per heavy atom. The fourth-order valence-corrected chi connectivity index (χ4v) is 2.31. The quantitative estimate of drug-likeness (QED) is 0.530. The molecule has 0 aromatic carbocycles. The highest BCUT2D eigenvalue weighted by Gasteiger charge is 2.12. The van der Waals surface area contributed by atoms with E-state index in [0.29, 0.717) is 11.3 Å². The monoisotopic (exact) mass is 366 g/mol. The summed E-state index contributed by atoms with van der Waals surface area (Å²) in [6.07, 6.45) is 8.03. The first-order valence-corrected chi connectivity index (χ1v) is 8.00. The van der Waals surface area contributed by atoms with Crippen LogP contribution in [0.3, 0.4) is 0 Å². The zero-order valence-corrected chi connectivity index (χ0v) is 14.2. The first-order valence-electron chi connectivity index (χ1n) is 8.00. The normalized spacial score (nSPS) is 12.1. The van der Waals surface area contributed by atoms with Gasteiger partial charge in [0.2, 0.25) is 0 Å². The molecule has 6 nitrogen and oxygen atoms in total. The molecule has 3 aromatic rings. The van der Waals surface area contributed by atoms with Crippen LogP contribution in [0.1, 0.15) is 5.56 Å². The molecule has 0 fully saturated rings. The molecule has 8 heteroatoms. The molecule has 0 unspecified atom stereocenters. The molecule has 3 aromatic heterocycles. The van der Waals surface area contributed by atoms with Crippen LogP contribution in [0.5, 0.6) is 0 Å². The van der Waals surface area contributed by atoms with Crippen LogP contribution in [0, 0.1) is 0 Å². The van der Waals surface area contributed by atoms with Crippen molar-refractivity contribution in [2.45, 2.75) is 0 Å². The fourth-order valence-electron chi connectivity index (χ4n) is 2.31. The first kappa shape index (κ1) is 18.1. The SMILES string of the molecule is Nc1ncc(-c2cccnc2)cc1C(=NC/C(F)=C/F)Nc1cccnc1. The van der Waals surface area contributed by atoms with E-state index in [1.165, 1.54) is 0 Å². The minimum Gasteiger partial charge on any atom is -0.383 e. The third kappa shape index (κ3) is 4.69. The summed E-state index contributed by atoms with van der Waals surface area (Å²) in [6.45, 7) is -0.477. The maximum Gasteiger partial charge on any atom is 0.149 e. The van der Waals surface area contributed by atoms with E-state index >= 15 is 0 Å². The number of pyridine rings is 3. The van der Waals surface area contributed by atoms with Crippen molar-refractivity contribution in [3.63, 3.8) is 0 Å². The molecule has 0 bridgehead atoms. The lowest BCUT2D eigenvalue weighted by atomic mass is 10.1. The molecule has 3 rings (SSSR count). The van der Waals surface area contributed by atoms with Gasteiger partial charge in [0.05, 0.1) is 24.0 Å². The van der Waals surface area contributed by atoms with Crippen molar-refractivity contribution in [1.29, 1.82) is 0 Å². The maximum atomic E-state index is 13.3. The molecule has 0 atom stereocenters. The topological polar surface area (TPSA) is 89.1 Å². The number of aromatic nitrogens is 3. The van der Waals surface area contributed by atoms with Crippen molar-refractivity contribution in [1.82, 2.24) is 15.0 Å². The molecule has 0 aliphatic rings. The number of anilines is 2. The van der Waals surface area contributed by atoms with Crippen molar-refractivity contribution in [2.75, 3.05) is 17.6 Å². The Labute approximate surface area is 154 Å². The minimum absolute atomic E-state index is 0.126. The molecule has 0 spiro atoms. The van der Waals surface area contributed by atoms with Crippen LogP contribution >= 0.6 is 0 Å². The number of hydrogen-bond donors (Lipinski definition) is 2. The lowest BCUT2D eigenvalue weighted by Gasteiger charge is -2.13. The summed E-state index contributed by atoms with van der Waals surface area (Å²) < 4.78 is 25.6. The molecule has 0 radical (unpaired) electrons. The van der Waals surface area contributed by atoms with Gasteiger partial charge in [-0.05, 0) is 24.3 Å². The lowest BCUT2D eigenvalue weighted by molar-refractivity contribution is 0.570. The zero-order chi connectivity index (χ0) is 19.1. The van der Waals surface area contributed by atoms with Crippen LogP contribution in [-0.4, -0.2) is 27.3 Å². The second kappa shape index (κ2) is 8.61. The molecule has 3 heterocycles. The molecule has 0 saturated heterocycles. The first-order chi connectivity index (χ1) is 13.2. The number of nitrogens with two attached hydrogens (primary N) is 1. The number of nitrogen functional groups attached to an aromatic ring is 1. The van der Waals surface area contributed by atoms with Gasteiger partial charge in [-0.3, -0.25) is 15.0 Å². The smallest absolute Gasteiger partial charge is 0.149 e. The van der Waals surface area contributed by atoms with Gasteiger partial charge in [-0.2, -0.15) is 0 Å². The summed E-state index contributed by atoms with van der Waals surface area (Å²) in [5, 5.41) is 3.03. The van der Waals surface area contributed by atoms with Gasteiger partial charge < -0.3 is 11.1 Å². The second-order valence-electron chi connectivity index (χ2n) is 5.49. The molecule has 3 N–H and O–H groups in total. The predicted molar refractivity (Wildman–Crippen MR) is 101 cm³/mol. The van der Waals surface area contributed by atoms with Crippen LogP contribution in [0.15, 0.2) is 78.5 Å². The highest BCUT2D eigenvalue weighted by molar-refractivity contribution is 6.11. The van der Waals surface area contributed by atoms with E-state index < -0.39 is 12.4 Å². The summed E-state index contributed by atoms with van der Waals surface area (Å²) in [7, 11) is 0. The summed E-state index contributed by atoms with van der Waals surface area (Å²) in [5.74, 6) is -0.561. The Morgan fingerprint density at radius 1 is 1.11 bits per heavy atom. The van der Waals surface area contributed by atoms with E-state index in [2.05, 4.69) is 25.3 Å². The standard InChI is InChI=1S/C19H16F2N6/c20-8-15(21)11-26-19(27-16-4-2-6-24-12-16)17-7-14(10-25-18(17)22)13-3-1-5-23-9-13/h1-10,12H,11H2,(H2,22,25)(H,26,27)/b15-8-. The molecule has 27 heavy (non-hydrogen) atoms. The highest BCUT2D eigenvalue weighted by Crippen LogP contribution is 2.22. The Morgan fingerprint density at radius 3 is 2.56 bits per heavy atom. The molecular formula is C19H16F2N6.